The Bertz CT molecular complexity index is 1550. The van der Waals surface area contributed by atoms with E-state index >= 15 is 0 Å². The molecule has 9 nitrogen and oxygen atoms in total. The molecule has 0 aliphatic carbocycles. The summed E-state index contributed by atoms with van der Waals surface area (Å²) in [7, 11) is 1.44. The molecule has 454 valence electrons. The lowest BCUT2D eigenvalue weighted by Gasteiger charge is -2.24. The van der Waals surface area contributed by atoms with Crippen molar-refractivity contribution in [1.82, 2.24) is 0 Å². The Morgan fingerprint density at radius 3 is 1.14 bits per heavy atom. The fourth-order valence-corrected chi connectivity index (χ4v) is 9.97. The Kier molecular flexibility index (Phi) is 57.2. The van der Waals surface area contributed by atoms with Crippen molar-refractivity contribution in [2.45, 2.75) is 302 Å². The van der Waals surface area contributed by atoms with Crippen molar-refractivity contribution in [1.29, 1.82) is 0 Å². The molecule has 10 heteroatoms. The summed E-state index contributed by atoms with van der Waals surface area (Å²) in [5, 5.41) is 0. The molecular weight excluding hydrogens is 990 g/mol. The molecule has 78 heavy (non-hydrogen) atoms. The molecule has 0 heterocycles. The lowest BCUT2D eigenvalue weighted by Crippen LogP contribution is -2.37. The monoisotopic (exact) mass is 1110 g/mol. The minimum atomic E-state index is -4.40. The Morgan fingerprint density at radius 1 is 0.410 bits per heavy atom. The predicted octanol–water partition coefficient (Wildman–Crippen LogP) is 20.8. The highest BCUT2D eigenvalue weighted by atomic mass is 31.2. The van der Waals surface area contributed by atoms with Gasteiger partial charge in [0, 0.05) is 12.8 Å². The summed E-state index contributed by atoms with van der Waals surface area (Å²) < 4.78 is 34.5. The highest BCUT2D eigenvalue weighted by Crippen LogP contribution is 2.43. The van der Waals surface area contributed by atoms with Gasteiger partial charge in [-0.2, -0.15) is 0 Å². The molecule has 0 aromatic rings. The number of rotatable bonds is 60. The van der Waals surface area contributed by atoms with Crippen molar-refractivity contribution < 1.29 is 42.1 Å². The van der Waals surface area contributed by atoms with E-state index in [4.69, 9.17) is 18.5 Å². The van der Waals surface area contributed by atoms with Crippen molar-refractivity contribution in [2.75, 3.05) is 47.5 Å². The maximum atomic E-state index is 12.8. The number of esters is 2. The van der Waals surface area contributed by atoms with Gasteiger partial charge in [-0.05, 0) is 77.0 Å². The van der Waals surface area contributed by atoms with Gasteiger partial charge in [-0.1, -0.05) is 279 Å². The van der Waals surface area contributed by atoms with E-state index < -0.39 is 26.5 Å². The number of hydrogen-bond donors (Lipinski definition) is 1. The molecule has 2 unspecified atom stereocenters. The van der Waals surface area contributed by atoms with Crippen LogP contribution in [0.15, 0.2) is 72.9 Å². The van der Waals surface area contributed by atoms with Crippen LogP contribution in [0.2, 0.25) is 0 Å². The lowest BCUT2D eigenvalue weighted by atomic mass is 10.0. The first-order valence-electron chi connectivity index (χ1n) is 32.7. The van der Waals surface area contributed by atoms with Crippen LogP contribution in [-0.4, -0.2) is 74.9 Å². The molecule has 0 amide bonds. The average molecular weight is 1120 g/mol. The molecule has 1 N–H and O–H groups in total. The summed E-state index contributed by atoms with van der Waals surface area (Å²) in [5.74, 6) is -0.859. The van der Waals surface area contributed by atoms with Crippen molar-refractivity contribution in [3.8, 4) is 0 Å². The topological polar surface area (TPSA) is 108 Å². The van der Waals surface area contributed by atoms with Gasteiger partial charge in [-0.15, -0.1) is 0 Å². The summed E-state index contributed by atoms with van der Waals surface area (Å²) in [6.07, 6.45) is 78.9. The zero-order valence-electron chi connectivity index (χ0n) is 51.6. The van der Waals surface area contributed by atoms with Gasteiger partial charge >= 0.3 is 19.8 Å². The minimum absolute atomic E-state index is 0.0194. The van der Waals surface area contributed by atoms with Crippen LogP contribution in [0, 0.1) is 0 Å². The average Bonchev–Trinajstić information content (AvgIpc) is 3.40. The Balaban J connectivity index is 3.96. The Hall–Kier alpha value is -2.55. The van der Waals surface area contributed by atoms with E-state index in [2.05, 4.69) is 86.8 Å². The van der Waals surface area contributed by atoms with Crippen molar-refractivity contribution in [2.24, 2.45) is 0 Å². The second-order valence-electron chi connectivity index (χ2n) is 23.1. The quantitative estimate of drug-likeness (QED) is 0.0211. The Morgan fingerprint density at radius 2 is 0.744 bits per heavy atom. The lowest BCUT2D eigenvalue weighted by molar-refractivity contribution is -0.870. The maximum absolute atomic E-state index is 12.8. The highest BCUT2D eigenvalue weighted by Gasteiger charge is 2.27. The van der Waals surface area contributed by atoms with E-state index in [-0.39, 0.29) is 32.0 Å². The maximum Gasteiger partial charge on any atom is 0.472 e. The first-order valence-corrected chi connectivity index (χ1v) is 34.2. The van der Waals surface area contributed by atoms with Gasteiger partial charge in [0.15, 0.2) is 6.10 Å². The third-order valence-corrected chi connectivity index (χ3v) is 15.2. The summed E-state index contributed by atoms with van der Waals surface area (Å²) in [4.78, 5) is 35.7. The number of quaternary nitrogens is 1. The molecular formula is C68H125NO8P+. The minimum Gasteiger partial charge on any atom is -0.462 e. The number of carbonyl (C=O) groups excluding carboxylic acids is 2. The van der Waals surface area contributed by atoms with E-state index in [1.807, 2.05) is 21.1 Å². The van der Waals surface area contributed by atoms with E-state index in [9.17, 15) is 19.0 Å². The zero-order chi connectivity index (χ0) is 57.0. The summed E-state index contributed by atoms with van der Waals surface area (Å²) in [5.41, 5.74) is 0. The number of ether oxygens (including phenoxy) is 2. The third kappa shape index (κ3) is 62.6. The van der Waals surface area contributed by atoms with Crippen LogP contribution in [0.5, 0.6) is 0 Å². The first kappa shape index (κ1) is 75.5. The number of allylic oxidation sites excluding steroid dienone is 12. The molecule has 0 saturated heterocycles. The second-order valence-corrected chi connectivity index (χ2v) is 24.6. The predicted molar refractivity (Wildman–Crippen MR) is 335 cm³/mol. The van der Waals surface area contributed by atoms with Crippen LogP contribution in [0.1, 0.15) is 296 Å². The number of nitrogens with zero attached hydrogens (tertiary/aromatic N) is 1. The molecule has 0 saturated carbocycles. The summed E-state index contributed by atoms with van der Waals surface area (Å²) in [6, 6.07) is 0. The summed E-state index contributed by atoms with van der Waals surface area (Å²) in [6.45, 7) is 4.28. The van der Waals surface area contributed by atoms with Gasteiger partial charge < -0.3 is 18.9 Å². The van der Waals surface area contributed by atoms with Gasteiger partial charge in [-0.25, -0.2) is 4.57 Å². The molecule has 0 spiro atoms. The molecule has 0 aliphatic heterocycles. The van der Waals surface area contributed by atoms with Gasteiger partial charge in [0.25, 0.3) is 0 Å². The number of phosphoric ester groups is 1. The van der Waals surface area contributed by atoms with Crippen LogP contribution in [0.25, 0.3) is 0 Å². The normalized spacial score (nSPS) is 13.7. The van der Waals surface area contributed by atoms with Crippen LogP contribution in [0.4, 0.5) is 0 Å². The standard InChI is InChI=1S/C68H124NO8P/c1-6-8-10-12-14-16-18-20-22-24-25-26-27-28-29-30-31-32-33-34-35-36-37-38-39-40-41-42-43-45-46-48-50-52-54-56-58-60-67(70)74-64-66(65-76-78(72,73)75-63-62-69(3,4)5)77-68(71)61-59-57-55-53-51-49-47-44-23-21-19-17-15-13-11-9-7-2/h9,11,15,17,21,23-25,47,49,53,55,66H,6-8,10,12-14,16,18-20,22,26-46,48,50-52,54,56-65H2,1-5H3/p+1/b11-9-,17-15-,23-21-,25-24-,49-47-,55-53-. The van der Waals surface area contributed by atoms with E-state index in [1.54, 1.807) is 0 Å². The van der Waals surface area contributed by atoms with Gasteiger partial charge in [-0.3, -0.25) is 18.6 Å². The third-order valence-electron chi connectivity index (χ3n) is 14.2. The zero-order valence-corrected chi connectivity index (χ0v) is 52.5. The van der Waals surface area contributed by atoms with E-state index in [1.165, 1.54) is 205 Å². The molecule has 0 aromatic heterocycles. The number of unbranched alkanes of at least 4 members (excludes halogenated alkanes) is 34. The van der Waals surface area contributed by atoms with Gasteiger partial charge in [0.1, 0.15) is 19.8 Å². The van der Waals surface area contributed by atoms with Gasteiger partial charge in [0.2, 0.25) is 0 Å². The van der Waals surface area contributed by atoms with Crippen LogP contribution >= 0.6 is 7.82 Å². The van der Waals surface area contributed by atoms with Crippen molar-refractivity contribution >= 4 is 19.8 Å². The molecule has 0 fully saturated rings. The highest BCUT2D eigenvalue weighted by molar-refractivity contribution is 7.47. The Labute approximate surface area is 482 Å². The second kappa shape index (κ2) is 59.1. The van der Waals surface area contributed by atoms with Gasteiger partial charge in [0.05, 0.1) is 27.7 Å². The van der Waals surface area contributed by atoms with Crippen molar-refractivity contribution in [3.05, 3.63) is 72.9 Å². The molecule has 0 bridgehead atoms. The van der Waals surface area contributed by atoms with Crippen LogP contribution in [0.3, 0.4) is 0 Å². The number of hydrogen-bond acceptors (Lipinski definition) is 7. The van der Waals surface area contributed by atoms with Crippen LogP contribution in [-0.2, 0) is 32.7 Å². The largest absolute Gasteiger partial charge is 0.472 e. The number of likely N-dealkylation sites (N-methyl/N-ethyl adjacent to an activating group) is 1. The molecule has 0 radical (unpaired) electrons. The SMILES string of the molecule is CC/C=C\C/C=C\C/C=C\C/C=C\C/C=C\CCCC(=O)OC(COC(=O)CCCCCCCCCCCCCCCCCCCCCCCCCCC/C=C\CCCCCCCCCC)COP(=O)(O)OCC[N+](C)(C)C. The fraction of sp³-hybridized carbons (Fsp3) is 0.794. The molecule has 2 atom stereocenters. The molecule has 0 aromatic carbocycles. The molecule has 0 rings (SSSR count). The number of carbonyl (C=O) groups is 2. The van der Waals surface area contributed by atoms with E-state index in [0.29, 0.717) is 23.9 Å². The van der Waals surface area contributed by atoms with Crippen LogP contribution < -0.4 is 0 Å². The van der Waals surface area contributed by atoms with E-state index in [0.717, 1.165) is 51.4 Å². The fourth-order valence-electron chi connectivity index (χ4n) is 9.23. The number of phosphoric acid groups is 1. The van der Waals surface area contributed by atoms with Crippen molar-refractivity contribution in [3.63, 3.8) is 0 Å². The smallest absolute Gasteiger partial charge is 0.462 e. The first-order chi connectivity index (χ1) is 38.0. The molecule has 0 aliphatic rings. The summed E-state index contributed by atoms with van der Waals surface area (Å²) >= 11 is 0.